The van der Waals surface area contributed by atoms with E-state index < -0.39 is 0 Å². The molecule has 2 aromatic rings. The lowest BCUT2D eigenvalue weighted by Gasteiger charge is -2.02. The van der Waals surface area contributed by atoms with E-state index in [1.54, 1.807) is 10.9 Å². The molecule has 0 aliphatic heterocycles. The lowest BCUT2D eigenvalue weighted by atomic mass is 10.3. The van der Waals surface area contributed by atoms with Crippen LogP contribution in [0.25, 0.3) is 5.69 Å². The number of aromatic nitrogens is 3. The minimum atomic E-state index is 0.403. The van der Waals surface area contributed by atoms with Crippen molar-refractivity contribution in [1.29, 1.82) is 0 Å². The van der Waals surface area contributed by atoms with E-state index in [1.165, 1.54) is 0 Å². The molecule has 0 bridgehead atoms. The highest BCUT2D eigenvalue weighted by Crippen LogP contribution is 2.24. The lowest BCUT2D eigenvalue weighted by Crippen LogP contribution is -1.95. The van der Waals surface area contributed by atoms with E-state index in [9.17, 15) is 0 Å². The molecule has 0 spiro atoms. The quantitative estimate of drug-likeness (QED) is 0.878. The van der Waals surface area contributed by atoms with Gasteiger partial charge in [0.1, 0.15) is 0 Å². The molecule has 1 heterocycles. The Morgan fingerprint density at radius 1 is 1.29 bits per heavy atom. The summed E-state index contributed by atoms with van der Waals surface area (Å²) >= 11 is 6.81. The fourth-order valence-corrected chi connectivity index (χ4v) is 2.29. The number of hydrogen-bond donors (Lipinski definition) is 1. The molecule has 0 fully saturated rings. The van der Waals surface area contributed by atoms with E-state index in [0.717, 1.165) is 14.6 Å². The first-order chi connectivity index (χ1) is 6.66. The van der Waals surface area contributed by atoms with Crippen molar-refractivity contribution in [3.8, 4) is 5.69 Å². The van der Waals surface area contributed by atoms with Gasteiger partial charge in [0.05, 0.1) is 11.9 Å². The molecule has 14 heavy (non-hydrogen) atoms. The van der Waals surface area contributed by atoms with Crippen molar-refractivity contribution < 1.29 is 0 Å². The smallest absolute Gasteiger partial charge is 0.166 e. The van der Waals surface area contributed by atoms with Crippen LogP contribution in [-0.4, -0.2) is 15.0 Å². The van der Waals surface area contributed by atoms with Gasteiger partial charge in [-0.25, -0.2) is 4.68 Å². The first-order valence-electron chi connectivity index (χ1n) is 3.80. The summed E-state index contributed by atoms with van der Waals surface area (Å²) in [5.74, 6) is 0.403. The molecule has 72 valence electrons. The van der Waals surface area contributed by atoms with Gasteiger partial charge in [-0.1, -0.05) is 21.1 Å². The van der Waals surface area contributed by atoms with Crippen LogP contribution in [0.15, 0.2) is 33.3 Å². The number of rotatable bonds is 1. The molecule has 6 heteroatoms. The highest BCUT2D eigenvalue weighted by Gasteiger charge is 2.04. The van der Waals surface area contributed by atoms with E-state index in [-0.39, 0.29) is 0 Å². The predicted molar refractivity (Wildman–Crippen MR) is 61.2 cm³/mol. The second-order valence-corrected chi connectivity index (χ2v) is 4.45. The normalized spacial score (nSPS) is 10.4. The van der Waals surface area contributed by atoms with Crippen LogP contribution < -0.4 is 5.73 Å². The van der Waals surface area contributed by atoms with Crippen LogP contribution in [0, 0.1) is 0 Å². The fourth-order valence-electron chi connectivity index (χ4n) is 1.06. The molecule has 2 rings (SSSR count). The number of halogens is 2. The summed E-state index contributed by atoms with van der Waals surface area (Å²) in [4.78, 5) is 0. The van der Waals surface area contributed by atoms with Gasteiger partial charge in [0, 0.05) is 8.95 Å². The summed E-state index contributed by atoms with van der Waals surface area (Å²) < 4.78 is 3.55. The van der Waals surface area contributed by atoms with Crippen molar-refractivity contribution in [3.63, 3.8) is 0 Å². The summed E-state index contributed by atoms with van der Waals surface area (Å²) in [5, 5.41) is 7.59. The van der Waals surface area contributed by atoms with Crippen LogP contribution in [0.4, 0.5) is 5.82 Å². The summed E-state index contributed by atoms with van der Waals surface area (Å²) in [6, 6.07) is 5.79. The van der Waals surface area contributed by atoms with E-state index in [2.05, 4.69) is 42.2 Å². The van der Waals surface area contributed by atoms with Crippen molar-refractivity contribution in [2.75, 3.05) is 5.73 Å². The molecule has 1 aromatic carbocycles. The monoisotopic (exact) mass is 316 g/mol. The SMILES string of the molecule is Nc1cn(-c2ccc(Br)cc2Br)nn1. The lowest BCUT2D eigenvalue weighted by molar-refractivity contribution is 0.801. The Morgan fingerprint density at radius 2 is 2.07 bits per heavy atom. The van der Waals surface area contributed by atoms with Crippen molar-refractivity contribution >= 4 is 37.7 Å². The molecule has 0 aliphatic rings. The van der Waals surface area contributed by atoms with Gasteiger partial charge in [-0.05, 0) is 34.1 Å². The summed E-state index contributed by atoms with van der Waals surface area (Å²) in [5.41, 5.74) is 6.38. The third-order valence-corrected chi connectivity index (χ3v) is 2.80. The Hall–Kier alpha value is -0.880. The topological polar surface area (TPSA) is 56.7 Å². The van der Waals surface area contributed by atoms with Gasteiger partial charge < -0.3 is 5.73 Å². The molecule has 0 saturated heterocycles. The summed E-state index contributed by atoms with van der Waals surface area (Å²) in [6.45, 7) is 0. The van der Waals surface area contributed by atoms with E-state index in [1.807, 2.05) is 18.2 Å². The Kier molecular flexibility index (Phi) is 2.56. The number of hydrogen-bond acceptors (Lipinski definition) is 3. The average Bonchev–Trinajstić information content (AvgIpc) is 2.51. The van der Waals surface area contributed by atoms with Crippen LogP contribution in [0.3, 0.4) is 0 Å². The Balaban J connectivity index is 2.52. The van der Waals surface area contributed by atoms with Gasteiger partial charge in [-0.15, -0.1) is 5.10 Å². The first-order valence-corrected chi connectivity index (χ1v) is 5.38. The van der Waals surface area contributed by atoms with Gasteiger partial charge in [-0.2, -0.15) is 0 Å². The number of benzene rings is 1. The number of nitrogens with two attached hydrogens (primary N) is 1. The van der Waals surface area contributed by atoms with E-state index in [4.69, 9.17) is 5.73 Å². The highest BCUT2D eigenvalue weighted by atomic mass is 79.9. The molecule has 0 aliphatic carbocycles. The maximum atomic E-state index is 5.48. The van der Waals surface area contributed by atoms with Crippen LogP contribution in [0.1, 0.15) is 0 Å². The zero-order chi connectivity index (χ0) is 10.1. The number of nitrogen functional groups attached to an aromatic ring is 1. The Bertz CT molecular complexity index is 466. The molecular formula is C8H6Br2N4. The Morgan fingerprint density at radius 3 is 2.64 bits per heavy atom. The average molecular weight is 318 g/mol. The van der Waals surface area contributed by atoms with Crippen molar-refractivity contribution in [2.24, 2.45) is 0 Å². The second-order valence-electron chi connectivity index (χ2n) is 2.68. The first kappa shape index (κ1) is 9.67. The fraction of sp³-hybridized carbons (Fsp3) is 0. The van der Waals surface area contributed by atoms with Gasteiger partial charge in [0.2, 0.25) is 0 Å². The Labute approximate surface area is 97.4 Å². The molecule has 0 atom stereocenters. The zero-order valence-electron chi connectivity index (χ0n) is 6.98. The van der Waals surface area contributed by atoms with Gasteiger partial charge in [0.25, 0.3) is 0 Å². The molecule has 4 nitrogen and oxygen atoms in total. The van der Waals surface area contributed by atoms with Gasteiger partial charge >= 0.3 is 0 Å². The zero-order valence-corrected chi connectivity index (χ0v) is 10.2. The minimum Gasteiger partial charge on any atom is -0.381 e. The van der Waals surface area contributed by atoms with E-state index >= 15 is 0 Å². The second kappa shape index (κ2) is 3.70. The maximum Gasteiger partial charge on any atom is 0.166 e. The van der Waals surface area contributed by atoms with Crippen LogP contribution in [0.5, 0.6) is 0 Å². The highest BCUT2D eigenvalue weighted by molar-refractivity contribution is 9.11. The van der Waals surface area contributed by atoms with Gasteiger partial charge in [-0.3, -0.25) is 0 Å². The summed E-state index contributed by atoms with van der Waals surface area (Å²) in [7, 11) is 0. The standard InChI is InChI=1S/C8H6Br2N4/c9-5-1-2-7(6(10)3-5)14-4-8(11)12-13-14/h1-4H,11H2. The molecule has 0 saturated carbocycles. The van der Waals surface area contributed by atoms with E-state index in [0.29, 0.717) is 5.82 Å². The van der Waals surface area contributed by atoms with Crippen LogP contribution in [0.2, 0.25) is 0 Å². The van der Waals surface area contributed by atoms with Gasteiger partial charge in [0.15, 0.2) is 5.82 Å². The molecule has 0 radical (unpaired) electrons. The molecular weight excluding hydrogens is 312 g/mol. The van der Waals surface area contributed by atoms with Crippen LogP contribution >= 0.6 is 31.9 Å². The summed E-state index contributed by atoms with van der Waals surface area (Å²) in [6.07, 6.45) is 1.66. The minimum absolute atomic E-state index is 0.403. The van der Waals surface area contributed by atoms with Crippen molar-refractivity contribution in [2.45, 2.75) is 0 Å². The van der Waals surface area contributed by atoms with Crippen LogP contribution in [-0.2, 0) is 0 Å². The predicted octanol–water partition coefficient (Wildman–Crippen LogP) is 2.37. The molecule has 2 N–H and O–H groups in total. The largest absolute Gasteiger partial charge is 0.381 e. The number of anilines is 1. The number of nitrogens with zero attached hydrogens (tertiary/aromatic N) is 3. The third-order valence-electron chi connectivity index (χ3n) is 1.67. The third kappa shape index (κ3) is 1.80. The molecule has 0 unspecified atom stereocenters. The molecule has 1 aromatic heterocycles. The van der Waals surface area contributed by atoms with Crippen molar-refractivity contribution in [1.82, 2.24) is 15.0 Å². The van der Waals surface area contributed by atoms with Crippen molar-refractivity contribution in [3.05, 3.63) is 33.3 Å². The maximum absolute atomic E-state index is 5.48. The molecule has 0 amide bonds.